The van der Waals surface area contributed by atoms with Gasteiger partial charge >= 0.3 is 0 Å². The zero-order valence-electron chi connectivity index (χ0n) is 11.5. The van der Waals surface area contributed by atoms with Gasteiger partial charge in [-0.1, -0.05) is 12.1 Å². The standard InChI is InChI=1S/C15H18N2O3/c1-12(18)3-4-13-5-7-14(8-6-13)20-11-15(19)17-10-2-9-16/h5-8H,2-4,10-11H2,1H3,(H,17,19). The van der Waals surface area contributed by atoms with Crippen LogP contribution < -0.4 is 10.1 Å². The molecule has 0 aromatic heterocycles. The number of ether oxygens (including phenoxy) is 1. The quantitative estimate of drug-likeness (QED) is 0.730. The van der Waals surface area contributed by atoms with Crippen molar-refractivity contribution in [2.75, 3.05) is 13.2 Å². The number of carbonyl (C=O) groups is 2. The molecular formula is C15H18N2O3. The second-order valence-electron chi connectivity index (χ2n) is 4.39. The fourth-order valence-electron chi connectivity index (χ4n) is 1.53. The number of rotatable bonds is 8. The molecule has 0 fully saturated rings. The summed E-state index contributed by atoms with van der Waals surface area (Å²) in [6, 6.07) is 9.26. The molecule has 0 aliphatic carbocycles. The first-order chi connectivity index (χ1) is 9.61. The predicted octanol–water partition coefficient (Wildman–Crippen LogP) is 1.62. The van der Waals surface area contributed by atoms with E-state index in [1.54, 1.807) is 19.1 Å². The summed E-state index contributed by atoms with van der Waals surface area (Å²) < 4.78 is 5.32. The SMILES string of the molecule is CC(=O)CCc1ccc(OCC(=O)NCCC#N)cc1. The van der Waals surface area contributed by atoms with Crippen LogP contribution in [-0.4, -0.2) is 24.8 Å². The maximum atomic E-state index is 11.4. The normalized spacial score (nSPS) is 9.60. The van der Waals surface area contributed by atoms with Gasteiger partial charge in [0.05, 0.1) is 12.5 Å². The van der Waals surface area contributed by atoms with E-state index in [1.807, 2.05) is 18.2 Å². The van der Waals surface area contributed by atoms with Gasteiger partial charge in [0.15, 0.2) is 6.61 Å². The number of aryl methyl sites for hydroxylation is 1. The van der Waals surface area contributed by atoms with Crippen LogP contribution in [0.25, 0.3) is 0 Å². The zero-order chi connectivity index (χ0) is 14.8. The van der Waals surface area contributed by atoms with E-state index in [9.17, 15) is 9.59 Å². The van der Waals surface area contributed by atoms with Crippen molar-refractivity contribution in [3.05, 3.63) is 29.8 Å². The number of benzene rings is 1. The van der Waals surface area contributed by atoms with Gasteiger partial charge in [-0.25, -0.2) is 0 Å². The van der Waals surface area contributed by atoms with Crippen molar-refractivity contribution in [1.29, 1.82) is 5.26 Å². The number of carbonyl (C=O) groups excluding carboxylic acids is 2. The van der Waals surface area contributed by atoms with Gasteiger partial charge in [0.2, 0.25) is 0 Å². The van der Waals surface area contributed by atoms with Crippen LogP contribution in [0.1, 0.15) is 25.3 Å². The van der Waals surface area contributed by atoms with Crippen molar-refractivity contribution < 1.29 is 14.3 Å². The van der Waals surface area contributed by atoms with Crippen molar-refractivity contribution in [2.24, 2.45) is 0 Å². The first-order valence-electron chi connectivity index (χ1n) is 6.46. The van der Waals surface area contributed by atoms with E-state index in [2.05, 4.69) is 5.32 Å². The Hall–Kier alpha value is -2.35. The molecule has 0 saturated heterocycles. The third-order valence-corrected chi connectivity index (χ3v) is 2.62. The maximum absolute atomic E-state index is 11.4. The molecule has 0 saturated carbocycles. The van der Waals surface area contributed by atoms with Crippen LogP contribution in [0.3, 0.4) is 0 Å². The molecule has 0 unspecified atom stereocenters. The van der Waals surface area contributed by atoms with Crippen molar-refractivity contribution in [3.8, 4) is 11.8 Å². The van der Waals surface area contributed by atoms with Crippen molar-refractivity contribution >= 4 is 11.7 Å². The Morgan fingerprint density at radius 2 is 2.00 bits per heavy atom. The van der Waals surface area contributed by atoms with Crippen molar-refractivity contribution in [1.82, 2.24) is 5.32 Å². The highest BCUT2D eigenvalue weighted by Gasteiger charge is 2.02. The smallest absolute Gasteiger partial charge is 0.257 e. The number of hydrogen-bond donors (Lipinski definition) is 1. The topological polar surface area (TPSA) is 79.2 Å². The summed E-state index contributed by atoms with van der Waals surface area (Å²) in [6.07, 6.45) is 1.53. The molecule has 20 heavy (non-hydrogen) atoms. The molecule has 0 atom stereocenters. The summed E-state index contributed by atoms with van der Waals surface area (Å²) in [5.41, 5.74) is 1.06. The Labute approximate surface area is 118 Å². The Bertz CT molecular complexity index is 489. The Kier molecular flexibility index (Phi) is 6.83. The van der Waals surface area contributed by atoms with Gasteiger partial charge in [-0.05, 0) is 31.0 Å². The van der Waals surface area contributed by atoms with E-state index < -0.39 is 0 Å². The van der Waals surface area contributed by atoms with E-state index in [0.29, 0.717) is 25.1 Å². The number of hydrogen-bond acceptors (Lipinski definition) is 4. The molecule has 0 spiro atoms. The molecule has 0 aliphatic heterocycles. The minimum atomic E-state index is -0.249. The monoisotopic (exact) mass is 274 g/mol. The van der Waals surface area contributed by atoms with Gasteiger partial charge in [-0.3, -0.25) is 4.79 Å². The number of nitrogens with one attached hydrogen (secondary N) is 1. The third-order valence-electron chi connectivity index (χ3n) is 2.62. The summed E-state index contributed by atoms with van der Waals surface area (Å²) in [4.78, 5) is 22.2. The number of amides is 1. The van der Waals surface area contributed by atoms with E-state index in [0.717, 1.165) is 5.56 Å². The predicted molar refractivity (Wildman–Crippen MR) is 74.2 cm³/mol. The highest BCUT2D eigenvalue weighted by Crippen LogP contribution is 2.13. The summed E-state index contributed by atoms with van der Waals surface area (Å²) in [5, 5.41) is 10.9. The lowest BCUT2D eigenvalue weighted by molar-refractivity contribution is -0.123. The molecule has 0 bridgehead atoms. The molecule has 5 heteroatoms. The van der Waals surface area contributed by atoms with Crippen LogP contribution >= 0.6 is 0 Å². The van der Waals surface area contributed by atoms with E-state index in [-0.39, 0.29) is 24.7 Å². The summed E-state index contributed by atoms with van der Waals surface area (Å²) in [5.74, 6) is 0.521. The lowest BCUT2D eigenvalue weighted by atomic mass is 10.1. The van der Waals surface area contributed by atoms with E-state index in [1.165, 1.54) is 0 Å². The average Bonchev–Trinajstić information content (AvgIpc) is 2.44. The van der Waals surface area contributed by atoms with Crippen LogP contribution in [0.2, 0.25) is 0 Å². The molecule has 0 radical (unpaired) electrons. The highest BCUT2D eigenvalue weighted by atomic mass is 16.5. The fraction of sp³-hybridized carbons (Fsp3) is 0.400. The molecular weight excluding hydrogens is 256 g/mol. The van der Waals surface area contributed by atoms with Crippen LogP contribution in [-0.2, 0) is 16.0 Å². The first kappa shape index (κ1) is 15.7. The van der Waals surface area contributed by atoms with Crippen LogP contribution in [0.15, 0.2) is 24.3 Å². The second-order valence-corrected chi connectivity index (χ2v) is 4.39. The van der Waals surface area contributed by atoms with Crippen molar-refractivity contribution in [2.45, 2.75) is 26.2 Å². The number of Topliss-reactive ketones (excluding diaryl/α,β-unsaturated/α-hetero) is 1. The van der Waals surface area contributed by atoms with Crippen LogP contribution in [0, 0.1) is 11.3 Å². The molecule has 1 rings (SSSR count). The molecule has 1 amide bonds. The van der Waals surface area contributed by atoms with Gasteiger partial charge < -0.3 is 14.8 Å². The van der Waals surface area contributed by atoms with Crippen LogP contribution in [0.4, 0.5) is 0 Å². The average molecular weight is 274 g/mol. The van der Waals surface area contributed by atoms with Gasteiger partial charge in [0.25, 0.3) is 5.91 Å². The first-order valence-corrected chi connectivity index (χ1v) is 6.46. The highest BCUT2D eigenvalue weighted by molar-refractivity contribution is 5.77. The van der Waals surface area contributed by atoms with Gasteiger partial charge in [-0.2, -0.15) is 5.26 Å². The third kappa shape index (κ3) is 6.55. The minimum absolute atomic E-state index is 0.0712. The lowest BCUT2D eigenvalue weighted by Crippen LogP contribution is -2.29. The zero-order valence-corrected chi connectivity index (χ0v) is 11.5. The Balaban J connectivity index is 2.32. The molecule has 1 aromatic carbocycles. The maximum Gasteiger partial charge on any atom is 0.257 e. The molecule has 106 valence electrons. The molecule has 5 nitrogen and oxygen atoms in total. The van der Waals surface area contributed by atoms with E-state index >= 15 is 0 Å². The van der Waals surface area contributed by atoms with Crippen LogP contribution in [0.5, 0.6) is 5.75 Å². The summed E-state index contributed by atoms with van der Waals surface area (Å²) in [6.45, 7) is 1.84. The molecule has 0 heterocycles. The largest absolute Gasteiger partial charge is 0.484 e. The summed E-state index contributed by atoms with van der Waals surface area (Å²) in [7, 11) is 0. The number of ketones is 1. The number of nitrogens with zero attached hydrogens (tertiary/aromatic N) is 1. The van der Waals surface area contributed by atoms with Gasteiger partial charge in [-0.15, -0.1) is 0 Å². The van der Waals surface area contributed by atoms with Crippen molar-refractivity contribution in [3.63, 3.8) is 0 Å². The minimum Gasteiger partial charge on any atom is -0.484 e. The summed E-state index contributed by atoms with van der Waals surface area (Å²) >= 11 is 0. The van der Waals surface area contributed by atoms with E-state index in [4.69, 9.17) is 10.00 Å². The molecule has 1 aromatic rings. The number of nitriles is 1. The van der Waals surface area contributed by atoms with Gasteiger partial charge in [0.1, 0.15) is 11.5 Å². The Morgan fingerprint density at radius 1 is 1.30 bits per heavy atom. The second kappa shape index (κ2) is 8.70. The molecule has 0 aliphatic rings. The Morgan fingerprint density at radius 3 is 2.60 bits per heavy atom. The fourth-order valence-corrected chi connectivity index (χ4v) is 1.53. The van der Waals surface area contributed by atoms with Gasteiger partial charge in [0, 0.05) is 13.0 Å². The lowest BCUT2D eigenvalue weighted by Gasteiger charge is -2.07. The molecule has 1 N–H and O–H groups in total.